The lowest BCUT2D eigenvalue weighted by atomic mass is 9.95. The second-order valence-electron chi connectivity index (χ2n) is 6.46. The van der Waals surface area contributed by atoms with E-state index in [2.05, 4.69) is 65.0 Å². The van der Waals surface area contributed by atoms with Crippen molar-refractivity contribution in [3.8, 4) is 0 Å². The smallest absolute Gasteiger partial charge is 0.165 e. The zero-order valence-corrected chi connectivity index (χ0v) is 12.8. The molecule has 0 atom stereocenters. The Bertz CT molecular complexity index is 571. The molecule has 0 saturated heterocycles. The van der Waals surface area contributed by atoms with Crippen molar-refractivity contribution in [3.05, 3.63) is 41.7 Å². The molecule has 2 aromatic rings. The maximum Gasteiger partial charge on any atom is 0.165 e. The van der Waals surface area contributed by atoms with Crippen molar-refractivity contribution in [2.45, 2.75) is 57.7 Å². The van der Waals surface area contributed by atoms with Crippen LogP contribution in [0.1, 0.15) is 44.5 Å². The van der Waals surface area contributed by atoms with Crippen LogP contribution in [0.3, 0.4) is 0 Å². The molecule has 1 heterocycles. The summed E-state index contributed by atoms with van der Waals surface area (Å²) in [6, 6.07) is 11.2. The Labute approximate surface area is 125 Å². The zero-order chi connectivity index (χ0) is 14.7. The van der Waals surface area contributed by atoms with Gasteiger partial charge >= 0.3 is 0 Å². The maximum absolute atomic E-state index is 4.21. The number of tetrazole rings is 1. The fourth-order valence-corrected chi connectivity index (χ4v) is 2.51. The summed E-state index contributed by atoms with van der Waals surface area (Å²) in [6.45, 7) is 5.16. The molecule has 1 aliphatic carbocycles. The highest BCUT2D eigenvalue weighted by molar-refractivity contribution is 5.15. The van der Waals surface area contributed by atoms with Gasteiger partial charge in [0.05, 0.1) is 12.1 Å². The first kappa shape index (κ1) is 14.2. The number of hydrogen-bond donors (Lipinski definition) is 1. The molecule has 5 heteroatoms. The van der Waals surface area contributed by atoms with E-state index >= 15 is 0 Å². The van der Waals surface area contributed by atoms with Crippen molar-refractivity contribution in [2.75, 3.05) is 0 Å². The van der Waals surface area contributed by atoms with Crippen LogP contribution in [0, 0.1) is 0 Å². The monoisotopic (exact) mass is 285 g/mol. The second kappa shape index (κ2) is 5.93. The van der Waals surface area contributed by atoms with Crippen LogP contribution in [0.2, 0.25) is 0 Å². The van der Waals surface area contributed by atoms with Gasteiger partial charge in [-0.15, -0.1) is 5.10 Å². The molecule has 0 bridgehead atoms. The first-order valence-corrected chi connectivity index (χ1v) is 7.70. The summed E-state index contributed by atoms with van der Waals surface area (Å²) in [5.74, 6) is 0.931. The summed E-state index contributed by atoms with van der Waals surface area (Å²) in [6.07, 6.45) is 4.60. The van der Waals surface area contributed by atoms with E-state index < -0.39 is 0 Å². The van der Waals surface area contributed by atoms with Gasteiger partial charge in [-0.25, -0.2) is 4.68 Å². The Morgan fingerprint density at radius 3 is 2.71 bits per heavy atom. The summed E-state index contributed by atoms with van der Waals surface area (Å²) in [5.41, 5.74) is 1.27. The van der Waals surface area contributed by atoms with E-state index in [9.17, 15) is 0 Å². The third kappa shape index (κ3) is 3.67. The van der Waals surface area contributed by atoms with Gasteiger partial charge < -0.3 is 5.32 Å². The van der Waals surface area contributed by atoms with Gasteiger partial charge in [-0.1, -0.05) is 30.3 Å². The summed E-state index contributed by atoms with van der Waals surface area (Å²) in [7, 11) is 0. The average molecular weight is 285 g/mol. The average Bonchev–Trinajstić information content (AvgIpc) is 3.20. The molecule has 0 radical (unpaired) electrons. The summed E-state index contributed by atoms with van der Waals surface area (Å²) >= 11 is 0. The lowest BCUT2D eigenvalue weighted by molar-refractivity contribution is 0.278. The van der Waals surface area contributed by atoms with Gasteiger partial charge in [0, 0.05) is 6.04 Å². The Balaban J connectivity index is 1.64. The van der Waals surface area contributed by atoms with Crippen molar-refractivity contribution in [3.63, 3.8) is 0 Å². The SMILES string of the molecule is CC(C)(CCc1ccccc1)n1nnnc1CNC1CC1. The lowest BCUT2D eigenvalue weighted by Gasteiger charge is -2.26. The number of benzene rings is 1. The Kier molecular flexibility index (Phi) is 4.01. The fourth-order valence-electron chi connectivity index (χ4n) is 2.51. The van der Waals surface area contributed by atoms with E-state index in [1.54, 1.807) is 0 Å². The van der Waals surface area contributed by atoms with Crippen LogP contribution in [0.25, 0.3) is 0 Å². The van der Waals surface area contributed by atoms with Crippen LogP contribution in [-0.2, 0) is 18.5 Å². The summed E-state index contributed by atoms with van der Waals surface area (Å²) in [5, 5.41) is 15.7. The molecule has 0 amide bonds. The molecule has 3 rings (SSSR count). The molecule has 0 aliphatic heterocycles. The first-order valence-electron chi connectivity index (χ1n) is 7.70. The van der Waals surface area contributed by atoms with Gasteiger partial charge in [0.1, 0.15) is 0 Å². The van der Waals surface area contributed by atoms with E-state index in [1.165, 1.54) is 18.4 Å². The van der Waals surface area contributed by atoms with Crippen molar-refractivity contribution in [2.24, 2.45) is 0 Å². The number of rotatable bonds is 7. The summed E-state index contributed by atoms with van der Waals surface area (Å²) in [4.78, 5) is 0. The van der Waals surface area contributed by atoms with Gasteiger partial charge in [0.2, 0.25) is 0 Å². The second-order valence-corrected chi connectivity index (χ2v) is 6.46. The molecule has 112 valence electrons. The Hall–Kier alpha value is -1.75. The quantitative estimate of drug-likeness (QED) is 0.848. The third-order valence-electron chi connectivity index (χ3n) is 4.10. The van der Waals surface area contributed by atoms with Crippen molar-refractivity contribution < 1.29 is 0 Å². The molecule has 1 N–H and O–H groups in total. The van der Waals surface area contributed by atoms with Gasteiger partial charge in [0.25, 0.3) is 0 Å². The molecular weight excluding hydrogens is 262 g/mol. The Morgan fingerprint density at radius 1 is 1.24 bits per heavy atom. The molecule has 0 unspecified atom stereocenters. The topological polar surface area (TPSA) is 55.6 Å². The van der Waals surface area contributed by atoms with Gasteiger partial charge in [-0.05, 0) is 55.5 Å². The third-order valence-corrected chi connectivity index (χ3v) is 4.10. The van der Waals surface area contributed by atoms with E-state index in [0.717, 1.165) is 25.2 Å². The largest absolute Gasteiger partial charge is 0.307 e. The van der Waals surface area contributed by atoms with E-state index in [-0.39, 0.29) is 5.54 Å². The molecular formula is C16H23N5. The van der Waals surface area contributed by atoms with Gasteiger partial charge in [0.15, 0.2) is 5.82 Å². The standard InChI is InChI=1S/C16H23N5/c1-16(2,11-10-13-6-4-3-5-7-13)21-15(18-19-20-21)12-17-14-8-9-14/h3-7,14,17H,8-12H2,1-2H3. The molecule has 1 saturated carbocycles. The van der Waals surface area contributed by atoms with E-state index in [4.69, 9.17) is 0 Å². The fraction of sp³-hybridized carbons (Fsp3) is 0.562. The van der Waals surface area contributed by atoms with Crippen LogP contribution in [-0.4, -0.2) is 26.2 Å². The van der Waals surface area contributed by atoms with Crippen LogP contribution in [0.4, 0.5) is 0 Å². The molecule has 1 aromatic carbocycles. The number of aromatic nitrogens is 4. The summed E-state index contributed by atoms with van der Waals surface area (Å²) < 4.78 is 1.98. The van der Waals surface area contributed by atoms with Crippen LogP contribution >= 0.6 is 0 Å². The number of hydrogen-bond acceptors (Lipinski definition) is 4. The minimum absolute atomic E-state index is 0.0834. The van der Waals surface area contributed by atoms with Crippen molar-refractivity contribution in [1.29, 1.82) is 0 Å². The molecule has 5 nitrogen and oxygen atoms in total. The highest BCUT2D eigenvalue weighted by Crippen LogP contribution is 2.23. The highest BCUT2D eigenvalue weighted by atomic mass is 15.6. The molecule has 1 aromatic heterocycles. The normalized spacial score (nSPS) is 15.3. The maximum atomic E-state index is 4.21. The predicted octanol–water partition coefficient (Wildman–Crippen LogP) is 2.29. The van der Waals surface area contributed by atoms with Gasteiger partial charge in [-0.2, -0.15) is 0 Å². The molecule has 1 fully saturated rings. The van der Waals surface area contributed by atoms with Gasteiger partial charge in [-0.3, -0.25) is 0 Å². The molecule has 21 heavy (non-hydrogen) atoms. The van der Waals surface area contributed by atoms with Crippen molar-refractivity contribution in [1.82, 2.24) is 25.5 Å². The Morgan fingerprint density at radius 2 is 2.00 bits per heavy atom. The minimum Gasteiger partial charge on any atom is -0.307 e. The number of nitrogens with zero attached hydrogens (tertiary/aromatic N) is 4. The first-order chi connectivity index (χ1) is 10.1. The highest BCUT2D eigenvalue weighted by Gasteiger charge is 2.26. The number of aryl methyl sites for hydroxylation is 1. The molecule has 1 aliphatic rings. The molecule has 0 spiro atoms. The van der Waals surface area contributed by atoms with Crippen LogP contribution in [0.15, 0.2) is 30.3 Å². The predicted molar refractivity (Wildman–Crippen MR) is 81.8 cm³/mol. The van der Waals surface area contributed by atoms with E-state index in [1.807, 2.05) is 4.68 Å². The number of nitrogens with one attached hydrogen (secondary N) is 1. The van der Waals surface area contributed by atoms with Crippen LogP contribution < -0.4 is 5.32 Å². The van der Waals surface area contributed by atoms with Crippen molar-refractivity contribution >= 4 is 0 Å². The van der Waals surface area contributed by atoms with E-state index in [0.29, 0.717) is 6.04 Å². The van der Waals surface area contributed by atoms with Crippen LogP contribution in [0.5, 0.6) is 0 Å². The lowest BCUT2D eigenvalue weighted by Crippen LogP contribution is -2.32. The minimum atomic E-state index is -0.0834. The zero-order valence-electron chi connectivity index (χ0n) is 12.8.